The Morgan fingerprint density at radius 3 is 2.71 bits per heavy atom. The molecule has 0 radical (unpaired) electrons. The predicted molar refractivity (Wildman–Crippen MR) is 66.6 cm³/mol. The van der Waals surface area contributed by atoms with Gasteiger partial charge in [0, 0.05) is 12.5 Å². The van der Waals surface area contributed by atoms with Gasteiger partial charge >= 0.3 is 6.03 Å². The molecule has 1 aliphatic rings. The Hall–Kier alpha value is -1.26. The summed E-state index contributed by atoms with van der Waals surface area (Å²) in [6, 6.07) is 4.33. The Morgan fingerprint density at radius 1 is 1.35 bits per heavy atom. The van der Waals surface area contributed by atoms with Gasteiger partial charge < -0.3 is 0 Å². The van der Waals surface area contributed by atoms with Gasteiger partial charge in [0.2, 0.25) is 5.91 Å². The largest absolute Gasteiger partial charge is 0.328 e. The molecule has 90 valence electrons. The van der Waals surface area contributed by atoms with Gasteiger partial charge in [-0.3, -0.25) is 15.0 Å². The number of imide groups is 1. The molecule has 17 heavy (non-hydrogen) atoms. The molecule has 0 bridgehead atoms. The van der Waals surface area contributed by atoms with E-state index in [2.05, 4.69) is 5.32 Å². The van der Waals surface area contributed by atoms with Gasteiger partial charge in [0.1, 0.15) is 0 Å². The third-order valence-electron chi connectivity index (χ3n) is 2.58. The topological polar surface area (TPSA) is 49.4 Å². The zero-order chi connectivity index (χ0) is 12.6. The zero-order valence-corrected chi connectivity index (χ0v) is 10.5. The number of hydrogen-bond acceptors (Lipinski definition) is 2. The van der Waals surface area contributed by atoms with Crippen molar-refractivity contribution >= 4 is 40.8 Å². The number of benzene rings is 1. The standard InChI is InChI=1S/C11H10Cl2N2O2/c1-6-5-9(16)14-11(17)15(6)8-4-2-3-7(12)10(8)13/h2-4,6H,5H2,1H3,(H,14,16,17). The Morgan fingerprint density at radius 2 is 2.06 bits per heavy atom. The summed E-state index contributed by atoms with van der Waals surface area (Å²) in [6.07, 6.45) is 0.245. The number of carbonyl (C=O) groups is 2. The van der Waals surface area contributed by atoms with E-state index in [1.807, 2.05) is 0 Å². The lowest BCUT2D eigenvalue weighted by atomic mass is 10.1. The fourth-order valence-electron chi connectivity index (χ4n) is 1.82. The number of carbonyl (C=O) groups excluding carboxylic acids is 2. The lowest BCUT2D eigenvalue weighted by Crippen LogP contribution is -2.54. The number of anilines is 1. The second-order valence-corrected chi connectivity index (χ2v) is 4.63. The second kappa shape index (κ2) is 4.55. The first kappa shape index (κ1) is 12.2. The maximum absolute atomic E-state index is 11.8. The van der Waals surface area contributed by atoms with E-state index in [4.69, 9.17) is 23.2 Å². The first-order chi connectivity index (χ1) is 8.00. The second-order valence-electron chi connectivity index (χ2n) is 3.85. The van der Waals surface area contributed by atoms with Crippen LogP contribution in [0.1, 0.15) is 13.3 Å². The highest BCUT2D eigenvalue weighted by molar-refractivity contribution is 6.44. The number of urea groups is 1. The number of rotatable bonds is 1. The van der Waals surface area contributed by atoms with Crippen LogP contribution in [-0.4, -0.2) is 18.0 Å². The Bertz CT molecular complexity index is 490. The first-order valence-corrected chi connectivity index (χ1v) is 5.83. The van der Waals surface area contributed by atoms with Crippen LogP contribution in [0.2, 0.25) is 10.0 Å². The first-order valence-electron chi connectivity index (χ1n) is 5.07. The lowest BCUT2D eigenvalue weighted by molar-refractivity contribution is -0.120. The molecule has 1 fully saturated rings. The number of nitrogens with one attached hydrogen (secondary N) is 1. The summed E-state index contributed by atoms with van der Waals surface area (Å²) in [5.74, 6) is -0.281. The normalized spacial score (nSPS) is 20.4. The average molecular weight is 273 g/mol. The Balaban J connectivity index is 2.42. The molecule has 1 atom stereocenters. The van der Waals surface area contributed by atoms with Crippen LogP contribution in [0, 0.1) is 0 Å². The van der Waals surface area contributed by atoms with E-state index >= 15 is 0 Å². The van der Waals surface area contributed by atoms with Crippen LogP contribution in [-0.2, 0) is 4.79 Å². The number of nitrogens with zero attached hydrogens (tertiary/aromatic N) is 1. The fourth-order valence-corrected chi connectivity index (χ4v) is 2.20. The molecule has 2 rings (SSSR count). The van der Waals surface area contributed by atoms with Gasteiger partial charge in [-0.25, -0.2) is 4.79 Å². The summed E-state index contributed by atoms with van der Waals surface area (Å²) < 4.78 is 0. The van der Waals surface area contributed by atoms with Crippen molar-refractivity contribution < 1.29 is 9.59 Å². The summed E-state index contributed by atoms with van der Waals surface area (Å²) in [5.41, 5.74) is 0.511. The maximum Gasteiger partial charge on any atom is 0.328 e. The van der Waals surface area contributed by atoms with Gasteiger partial charge in [0.15, 0.2) is 0 Å². The summed E-state index contributed by atoms with van der Waals surface area (Å²) >= 11 is 12.0. The summed E-state index contributed by atoms with van der Waals surface area (Å²) in [5, 5.41) is 2.94. The Labute approximate surface area is 108 Å². The predicted octanol–water partition coefficient (Wildman–Crippen LogP) is 2.83. The number of amides is 3. The zero-order valence-electron chi connectivity index (χ0n) is 9.04. The summed E-state index contributed by atoms with van der Waals surface area (Å²) in [4.78, 5) is 24.4. The molecule has 1 heterocycles. The maximum atomic E-state index is 11.8. The van der Waals surface area contributed by atoms with E-state index in [9.17, 15) is 9.59 Å². The lowest BCUT2D eigenvalue weighted by Gasteiger charge is -2.33. The van der Waals surface area contributed by atoms with Crippen molar-refractivity contribution in [3.8, 4) is 0 Å². The highest BCUT2D eigenvalue weighted by Crippen LogP contribution is 2.34. The van der Waals surface area contributed by atoms with Crippen LogP contribution in [0.15, 0.2) is 18.2 Å². The minimum Gasteiger partial charge on any atom is -0.289 e. The van der Waals surface area contributed by atoms with Crippen LogP contribution in [0.4, 0.5) is 10.5 Å². The van der Waals surface area contributed by atoms with Crippen molar-refractivity contribution in [3.05, 3.63) is 28.2 Å². The summed E-state index contributed by atoms with van der Waals surface area (Å²) in [7, 11) is 0. The molecule has 1 aromatic carbocycles. The molecule has 4 nitrogen and oxygen atoms in total. The van der Waals surface area contributed by atoms with Crippen molar-refractivity contribution in [1.29, 1.82) is 0 Å². The SMILES string of the molecule is CC1CC(=O)NC(=O)N1c1cccc(Cl)c1Cl. The highest BCUT2D eigenvalue weighted by atomic mass is 35.5. The molecule has 6 heteroatoms. The minimum absolute atomic E-state index is 0.243. The van der Waals surface area contributed by atoms with Crippen LogP contribution in [0.25, 0.3) is 0 Å². The molecule has 0 aromatic heterocycles. The van der Waals surface area contributed by atoms with Gasteiger partial charge in [-0.1, -0.05) is 29.3 Å². The van der Waals surface area contributed by atoms with Gasteiger partial charge in [-0.05, 0) is 19.1 Å². The monoisotopic (exact) mass is 272 g/mol. The molecular formula is C11H10Cl2N2O2. The van der Waals surface area contributed by atoms with E-state index in [0.717, 1.165) is 0 Å². The molecule has 1 unspecified atom stereocenters. The van der Waals surface area contributed by atoms with Crippen LogP contribution in [0.3, 0.4) is 0 Å². The van der Waals surface area contributed by atoms with Crippen molar-refractivity contribution in [2.45, 2.75) is 19.4 Å². The Kier molecular flexibility index (Phi) is 3.26. The summed E-state index contributed by atoms with van der Waals surface area (Å²) in [6.45, 7) is 1.79. The van der Waals surface area contributed by atoms with Crippen LogP contribution < -0.4 is 10.2 Å². The van der Waals surface area contributed by atoms with Gasteiger partial charge in [0.05, 0.1) is 15.7 Å². The highest BCUT2D eigenvalue weighted by Gasteiger charge is 2.31. The smallest absolute Gasteiger partial charge is 0.289 e. The molecule has 1 aliphatic heterocycles. The third kappa shape index (κ3) is 2.23. The van der Waals surface area contributed by atoms with E-state index in [1.54, 1.807) is 25.1 Å². The molecule has 1 N–H and O–H groups in total. The van der Waals surface area contributed by atoms with E-state index < -0.39 is 6.03 Å². The van der Waals surface area contributed by atoms with Gasteiger partial charge in [-0.15, -0.1) is 0 Å². The fraction of sp³-hybridized carbons (Fsp3) is 0.273. The minimum atomic E-state index is -0.474. The van der Waals surface area contributed by atoms with Crippen molar-refractivity contribution in [3.63, 3.8) is 0 Å². The molecule has 0 aliphatic carbocycles. The number of halogens is 2. The molecule has 0 saturated carbocycles. The molecule has 1 aromatic rings. The van der Waals surface area contributed by atoms with Crippen LogP contribution >= 0.6 is 23.2 Å². The molecule has 3 amide bonds. The van der Waals surface area contributed by atoms with E-state index in [0.29, 0.717) is 15.7 Å². The molecular weight excluding hydrogens is 263 g/mol. The average Bonchev–Trinajstić information content (AvgIpc) is 2.23. The van der Waals surface area contributed by atoms with Gasteiger partial charge in [0.25, 0.3) is 0 Å². The quantitative estimate of drug-likeness (QED) is 0.855. The molecule has 1 saturated heterocycles. The van der Waals surface area contributed by atoms with Crippen LogP contribution in [0.5, 0.6) is 0 Å². The third-order valence-corrected chi connectivity index (χ3v) is 3.39. The van der Waals surface area contributed by atoms with Crippen molar-refractivity contribution in [2.75, 3.05) is 4.90 Å². The van der Waals surface area contributed by atoms with E-state index in [1.165, 1.54) is 4.90 Å². The molecule has 0 spiro atoms. The van der Waals surface area contributed by atoms with Gasteiger partial charge in [-0.2, -0.15) is 0 Å². The van der Waals surface area contributed by atoms with Crippen molar-refractivity contribution in [1.82, 2.24) is 5.32 Å². The van der Waals surface area contributed by atoms with Crippen molar-refractivity contribution in [2.24, 2.45) is 0 Å². The number of hydrogen-bond donors (Lipinski definition) is 1. The van der Waals surface area contributed by atoms with E-state index in [-0.39, 0.29) is 18.4 Å².